The van der Waals surface area contributed by atoms with Gasteiger partial charge in [-0.25, -0.2) is 4.98 Å². The summed E-state index contributed by atoms with van der Waals surface area (Å²) in [6, 6.07) is 6.54. The molecule has 2 aromatic heterocycles. The number of aliphatic hydroxyl groups is 1. The van der Waals surface area contributed by atoms with Crippen molar-refractivity contribution in [2.45, 2.75) is 27.2 Å². The predicted molar refractivity (Wildman–Crippen MR) is 107 cm³/mol. The molecule has 0 radical (unpaired) electrons. The van der Waals surface area contributed by atoms with Gasteiger partial charge in [0.15, 0.2) is 0 Å². The number of aliphatic hydroxyl groups excluding tert-OH is 1. The van der Waals surface area contributed by atoms with Crippen molar-refractivity contribution in [3.8, 4) is 11.1 Å². The molecular weight excluding hydrogens is 354 g/mol. The SMILES string of the molecule is CCc1sc2nc(Cl)nc(N(C)CCO)c2c1-c1ccc(C)c(C)c1. The van der Waals surface area contributed by atoms with Crippen LogP contribution in [0.2, 0.25) is 5.28 Å². The second kappa shape index (κ2) is 7.28. The Hall–Kier alpha value is -1.69. The van der Waals surface area contributed by atoms with E-state index in [1.54, 1.807) is 11.3 Å². The van der Waals surface area contributed by atoms with Crippen LogP contribution in [0.1, 0.15) is 22.9 Å². The monoisotopic (exact) mass is 375 g/mol. The van der Waals surface area contributed by atoms with Gasteiger partial charge in [-0.05, 0) is 48.6 Å². The third-order valence-corrected chi connectivity index (χ3v) is 5.89. The quantitative estimate of drug-likeness (QED) is 0.661. The number of thiophene rings is 1. The van der Waals surface area contributed by atoms with E-state index in [1.165, 1.54) is 27.1 Å². The molecule has 0 fully saturated rings. The molecular formula is C19H22ClN3OS. The van der Waals surface area contributed by atoms with Crippen LogP contribution in [0.25, 0.3) is 21.3 Å². The van der Waals surface area contributed by atoms with Crippen LogP contribution < -0.4 is 4.90 Å². The van der Waals surface area contributed by atoms with Crippen LogP contribution >= 0.6 is 22.9 Å². The lowest BCUT2D eigenvalue weighted by Crippen LogP contribution is -2.22. The summed E-state index contributed by atoms with van der Waals surface area (Å²) in [6.45, 7) is 6.96. The lowest BCUT2D eigenvalue weighted by atomic mass is 9.98. The topological polar surface area (TPSA) is 49.2 Å². The Balaban J connectivity index is 2.34. The number of hydrogen-bond acceptors (Lipinski definition) is 5. The van der Waals surface area contributed by atoms with Gasteiger partial charge in [0, 0.05) is 24.0 Å². The third kappa shape index (κ3) is 3.36. The number of anilines is 1. The molecule has 1 N–H and O–H groups in total. The lowest BCUT2D eigenvalue weighted by Gasteiger charge is -2.19. The summed E-state index contributed by atoms with van der Waals surface area (Å²) in [7, 11) is 1.92. The zero-order valence-corrected chi connectivity index (χ0v) is 16.5. The van der Waals surface area contributed by atoms with Crippen LogP contribution in [0.15, 0.2) is 18.2 Å². The average molecular weight is 376 g/mol. The minimum Gasteiger partial charge on any atom is -0.395 e. The van der Waals surface area contributed by atoms with Crippen molar-refractivity contribution in [3.05, 3.63) is 39.5 Å². The van der Waals surface area contributed by atoms with Crippen molar-refractivity contribution in [3.63, 3.8) is 0 Å². The van der Waals surface area contributed by atoms with E-state index in [4.69, 9.17) is 11.6 Å². The Bertz CT molecular complexity index is 923. The zero-order chi connectivity index (χ0) is 18.1. The van der Waals surface area contributed by atoms with E-state index in [0.29, 0.717) is 6.54 Å². The first-order chi connectivity index (χ1) is 12.0. The van der Waals surface area contributed by atoms with Crippen molar-refractivity contribution in [2.24, 2.45) is 0 Å². The molecule has 132 valence electrons. The largest absolute Gasteiger partial charge is 0.395 e. The van der Waals surface area contributed by atoms with Crippen molar-refractivity contribution in [1.29, 1.82) is 0 Å². The van der Waals surface area contributed by atoms with Crippen molar-refractivity contribution in [2.75, 3.05) is 25.1 Å². The maximum absolute atomic E-state index is 9.33. The average Bonchev–Trinajstić information content (AvgIpc) is 2.95. The van der Waals surface area contributed by atoms with E-state index in [2.05, 4.69) is 48.9 Å². The fourth-order valence-corrected chi connectivity index (χ4v) is 4.33. The van der Waals surface area contributed by atoms with E-state index >= 15 is 0 Å². The number of nitrogens with zero attached hydrogens (tertiary/aromatic N) is 3. The molecule has 0 atom stereocenters. The second-order valence-electron chi connectivity index (χ2n) is 6.19. The van der Waals surface area contributed by atoms with E-state index in [9.17, 15) is 5.11 Å². The number of halogens is 1. The van der Waals surface area contributed by atoms with Gasteiger partial charge in [-0.1, -0.05) is 25.1 Å². The molecule has 0 aliphatic heterocycles. The van der Waals surface area contributed by atoms with Gasteiger partial charge >= 0.3 is 0 Å². The highest BCUT2D eigenvalue weighted by molar-refractivity contribution is 7.19. The van der Waals surface area contributed by atoms with Crippen LogP contribution in [-0.4, -0.2) is 35.3 Å². The fourth-order valence-electron chi connectivity index (χ4n) is 2.99. The molecule has 0 bridgehead atoms. The summed E-state index contributed by atoms with van der Waals surface area (Å²) < 4.78 is 0. The van der Waals surface area contributed by atoms with E-state index in [-0.39, 0.29) is 11.9 Å². The first kappa shape index (κ1) is 18.1. The highest BCUT2D eigenvalue weighted by atomic mass is 35.5. The lowest BCUT2D eigenvalue weighted by molar-refractivity contribution is 0.304. The van der Waals surface area contributed by atoms with Crippen LogP contribution in [0.5, 0.6) is 0 Å². The highest BCUT2D eigenvalue weighted by Crippen LogP contribution is 2.43. The molecule has 0 unspecified atom stereocenters. The maximum atomic E-state index is 9.33. The summed E-state index contributed by atoms with van der Waals surface area (Å²) in [4.78, 5) is 13.0. The summed E-state index contributed by atoms with van der Waals surface area (Å²) in [6.07, 6.45) is 0.921. The molecule has 0 spiro atoms. The van der Waals surface area contributed by atoms with Crippen LogP contribution in [0.4, 0.5) is 5.82 Å². The van der Waals surface area contributed by atoms with Gasteiger partial charge in [0.2, 0.25) is 5.28 Å². The number of rotatable bonds is 5. The molecule has 0 amide bonds. The molecule has 4 nitrogen and oxygen atoms in total. The highest BCUT2D eigenvalue weighted by Gasteiger charge is 2.21. The molecule has 1 aromatic carbocycles. The number of aryl methyl sites for hydroxylation is 3. The van der Waals surface area contributed by atoms with Crippen molar-refractivity contribution >= 4 is 39.0 Å². The zero-order valence-electron chi connectivity index (χ0n) is 14.9. The third-order valence-electron chi connectivity index (χ3n) is 4.49. The van der Waals surface area contributed by atoms with Gasteiger partial charge in [-0.3, -0.25) is 0 Å². The first-order valence-electron chi connectivity index (χ1n) is 8.34. The van der Waals surface area contributed by atoms with Gasteiger partial charge in [-0.2, -0.15) is 4.98 Å². The van der Waals surface area contributed by atoms with Crippen molar-refractivity contribution < 1.29 is 5.11 Å². The second-order valence-corrected chi connectivity index (χ2v) is 7.62. The Morgan fingerprint density at radius 1 is 1.20 bits per heavy atom. The van der Waals surface area contributed by atoms with Crippen molar-refractivity contribution in [1.82, 2.24) is 9.97 Å². The molecule has 2 heterocycles. The molecule has 0 aliphatic rings. The predicted octanol–water partition coefficient (Wildman–Crippen LogP) is 4.62. The molecule has 25 heavy (non-hydrogen) atoms. The number of likely N-dealkylation sites (N-methyl/N-ethyl adjacent to an activating group) is 1. The number of benzene rings is 1. The Labute approximate surface area is 157 Å². The Morgan fingerprint density at radius 3 is 2.60 bits per heavy atom. The molecule has 6 heteroatoms. The van der Waals surface area contributed by atoms with E-state index in [0.717, 1.165) is 22.5 Å². The van der Waals surface area contributed by atoms with Crippen LogP contribution in [0, 0.1) is 13.8 Å². The maximum Gasteiger partial charge on any atom is 0.225 e. The van der Waals surface area contributed by atoms with Crippen LogP contribution in [0.3, 0.4) is 0 Å². The van der Waals surface area contributed by atoms with Gasteiger partial charge in [0.25, 0.3) is 0 Å². The smallest absolute Gasteiger partial charge is 0.225 e. The standard InChI is InChI=1S/C19H22ClN3OS/c1-5-14-15(13-7-6-11(2)12(3)10-13)16-17(23(4)8-9-24)21-19(20)22-18(16)25-14/h6-7,10,24H,5,8-9H2,1-4H3. The van der Waals surface area contributed by atoms with Crippen LogP contribution in [-0.2, 0) is 6.42 Å². The number of hydrogen-bond donors (Lipinski definition) is 1. The van der Waals surface area contributed by atoms with Gasteiger partial charge in [-0.15, -0.1) is 11.3 Å². The van der Waals surface area contributed by atoms with Gasteiger partial charge in [0.1, 0.15) is 10.6 Å². The molecule has 0 saturated carbocycles. The van der Waals surface area contributed by atoms with E-state index in [1.807, 2.05) is 11.9 Å². The van der Waals surface area contributed by atoms with E-state index < -0.39 is 0 Å². The summed E-state index contributed by atoms with van der Waals surface area (Å²) in [5.74, 6) is 0.772. The molecule has 3 rings (SSSR count). The normalized spacial score (nSPS) is 11.3. The first-order valence-corrected chi connectivity index (χ1v) is 9.54. The number of aromatic nitrogens is 2. The Morgan fingerprint density at radius 2 is 1.96 bits per heavy atom. The van der Waals surface area contributed by atoms with Gasteiger partial charge in [0.05, 0.1) is 12.0 Å². The minimum atomic E-state index is 0.0589. The summed E-state index contributed by atoms with van der Waals surface area (Å²) in [5.41, 5.74) is 4.90. The van der Waals surface area contributed by atoms with Gasteiger partial charge < -0.3 is 10.0 Å². The molecule has 3 aromatic rings. The number of fused-ring (bicyclic) bond motifs is 1. The summed E-state index contributed by atoms with van der Waals surface area (Å²) in [5, 5.41) is 10.6. The summed E-state index contributed by atoms with van der Waals surface area (Å²) >= 11 is 7.83. The molecule has 0 aliphatic carbocycles. The minimum absolute atomic E-state index is 0.0589. The molecule has 0 saturated heterocycles. The fraction of sp³-hybridized carbons (Fsp3) is 0.368. The Kier molecular flexibility index (Phi) is 5.27.